The van der Waals surface area contributed by atoms with Crippen molar-refractivity contribution in [1.29, 1.82) is 0 Å². The van der Waals surface area contributed by atoms with Gasteiger partial charge in [-0.05, 0) is 12.3 Å². The number of urea groups is 1. The number of carboxylic acids is 1. The van der Waals surface area contributed by atoms with E-state index >= 15 is 0 Å². The summed E-state index contributed by atoms with van der Waals surface area (Å²) in [5.74, 6) is -0.892. The molecule has 6 heteroatoms. The molecule has 0 saturated heterocycles. The van der Waals surface area contributed by atoms with E-state index in [9.17, 15) is 9.59 Å². The summed E-state index contributed by atoms with van der Waals surface area (Å²) < 4.78 is 4.99. The lowest BCUT2D eigenvalue weighted by molar-refractivity contribution is -0.139. The number of hydrogen-bond acceptors (Lipinski definition) is 3. The second-order valence-corrected chi connectivity index (χ2v) is 4.34. The van der Waals surface area contributed by atoms with E-state index in [4.69, 9.17) is 9.84 Å². The maximum atomic E-state index is 11.6. The quantitative estimate of drug-likeness (QED) is 0.566. The summed E-state index contributed by atoms with van der Waals surface area (Å²) in [4.78, 5) is 22.5. The van der Waals surface area contributed by atoms with Crippen LogP contribution in [0.1, 0.15) is 20.3 Å². The molecule has 104 valence electrons. The van der Waals surface area contributed by atoms with E-state index in [1.54, 1.807) is 7.11 Å². The molecule has 0 aromatic heterocycles. The first kappa shape index (κ1) is 16.4. The van der Waals surface area contributed by atoms with E-state index in [0.29, 0.717) is 6.61 Å². The van der Waals surface area contributed by atoms with Crippen molar-refractivity contribution in [3.63, 3.8) is 0 Å². The third-order valence-electron chi connectivity index (χ3n) is 2.47. The molecule has 0 bridgehead atoms. The molecule has 0 aliphatic heterocycles. The molecule has 0 aliphatic carbocycles. The summed E-state index contributed by atoms with van der Waals surface area (Å²) in [6.07, 6.45) is 1.63. The summed E-state index contributed by atoms with van der Waals surface area (Å²) >= 11 is 0. The standard InChI is InChI=1S/C12H22N2O4/c1-5-6-9(11(15)16)13-12(17)14-10(7-18-4)8(2)3/h5,8-10H,1,6-7H2,2-4H3,(H,15,16)(H2,13,14,17). The Bertz CT molecular complexity index is 292. The van der Waals surface area contributed by atoms with Crippen LogP contribution in [0.25, 0.3) is 0 Å². The van der Waals surface area contributed by atoms with Gasteiger partial charge in [-0.1, -0.05) is 19.9 Å². The van der Waals surface area contributed by atoms with Gasteiger partial charge in [-0.3, -0.25) is 0 Å². The Morgan fingerprint density at radius 2 is 2.00 bits per heavy atom. The van der Waals surface area contributed by atoms with Gasteiger partial charge < -0.3 is 20.5 Å². The van der Waals surface area contributed by atoms with Crippen LogP contribution in [0.5, 0.6) is 0 Å². The van der Waals surface area contributed by atoms with Crippen LogP contribution in [0.4, 0.5) is 4.79 Å². The van der Waals surface area contributed by atoms with Crippen LogP contribution in [0.2, 0.25) is 0 Å². The lowest BCUT2D eigenvalue weighted by atomic mass is 10.1. The predicted octanol–water partition coefficient (Wildman–Crippen LogP) is 0.986. The van der Waals surface area contributed by atoms with Crippen molar-refractivity contribution in [2.45, 2.75) is 32.4 Å². The monoisotopic (exact) mass is 258 g/mol. The van der Waals surface area contributed by atoms with Crippen molar-refractivity contribution in [3.8, 4) is 0 Å². The number of carbonyl (C=O) groups excluding carboxylic acids is 1. The van der Waals surface area contributed by atoms with E-state index in [1.165, 1.54) is 6.08 Å². The van der Waals surface area contributed by atoms with Gasteiger partial charge in [0.05, 0.1) is 12.6 Å². The van der Waals surface area contributed by atoms with Gasteiger partial charge in [0.2, 0.25) is 0 Å². The first-order valence-electron chi connectivity index (χ1n) is 5.82. The van der Waals surface area contributed by atoms with Gasteiger partial charge in [-0.15, -0.1) is 6.58 Å². The molecular weight excluding hydrogens is 236 g/mol. The minimum Gasteiger partial charge on any atom is -0.480 e. The Hall–Kier alpha value is -1.56. The molecule has 0 fully saturated rings. The molecule has 2 atom stereocenters. The van der Waals surface area contributed by atoms with Gasteiger partial charge in [-0.25, -0.2) is 9.59 Å². The van der Waals surface area contributed by atoms with Crippen LogP contribution >= 0.6 is 0 Å². The van der Waals surface area contributed by atoms with Gasteiger partial charge in [0, 0.05) is 7.11 Å². The Labute approximate surface area is 107 Å². The summed E-state index contributed by atoms with van der Waals surface area (Å²) in [5.41, 5.74) is 0. The van der Waals surface area contributed by atoms with E-state index in [2.05, 4.69) is 17.2 Å². The Morgan fingerprint density at radius 3 is 2.39 bits per heavy atom. The second-order valence-electron chi connectivity index (χ2n) is 4.34. The fourth-order valence-electron chi connectivity index (χ4n) is 1.34. The number of methoxy groups -OCH3 is 1. The average Bonchev–Trinajstić information content (AvgIpc) is 2.27. The number of carbonyl (C=O) groups is 2. The van der Waals surface area contributed by atoms with Gasteiger partial charge in [0.25, 0.3) is 0 Å². The molecule has 0 spiro atoms. The summed E-state index contributed by atoms with van der Waals surface area (Å²) in [5, 5.41) is 14.0. The number of aliphatic carboxylic acids is 1. The van der Waals surface area contributed by atoms with Crippen molar-refractivity contribution in [3.05, 3.63) is 12.7 Å². The van der Waals surface area contributed by atoms with Crippen LogP contribution in [-0.4, -0.2) is 42.9 Å². The number of rotatable bonds is 8. The van der Waals surface area contributed by atoms with Crippen molar-refractivity contribution in [2.24, 2.45) is 5.92 Å². The molecule has 0 aliphatic rings. The maximum absolute atomic E-state index is 11.6. The molecule has 0 heterocycles. The number of hydrogen-bond donors (Lipinski definition) is 3. The van der Waals surface area contributed by atoms with Crippen LogP contribution in [0.3, 0.4) is 0 Å². The van der Waals surface area contributed by atoms with E-state index in [0.717, 1.165) is 0 Å². The van der Waals surface area contributed by atoms with Crippen molar-refractivity contribution >= 4 is 12.0 Å². The molecule has 0 aromatic rings. The van der Waals surface area contributed by atoms with Gasteiger partial charge >= 0.3 is 12.0 Å². The van der Waals surface area contributed by atoms with E-state index < -0.39 is 18.0 Å². The fraction of sp³-hybridized carbons (Fsp3) is 0.667. The summed E-state index contributed by atoms with van der Waals surface area (Å²) in [7, 11) is 1.55. The molecule has 2 amide bonds. The molecule has 2 unspecified atom stereocenters. The van der Waals surface area contributed by atoms with Crippen molar-refractivity contribution in [1.82, 2.24) is 10.6 Å². The van der Waals surface area contributed by atoms with Gasteiger partial charge in [-0.2, -0.15) is 0 Å². The van der Waals surface area contributed by atoms with E-state index in [1.807, 2.05) is 13.8 Å². The SMILES string of the molecule is C=CCC(NC(=O)NC(COC)C(C)C)C(=O)O. The maximum Gasteiger partial charge on any atom is 0.326 e. The topological polar surface area (TPSA) is 87.7 Å². The normalized spacial score (nSPS) is 13.8. The first-order valence-corrected chi connectivity index (χ1v) is 5.82. The smallest absolute Gasteiger partial charge is 0.326 e. The Morgan fingerprint density at radius 1 is 1.39 bits per heavy atom. The minimum absolute atomic E-state index is 0.159. The van der Waals surface area contributed by atoms with Crippen LogP contribution < -0.4 is 10.6 Å². The summed E-state index contributed by atoms with van der Waals surface area (Å²) in [6, 6.07) is -1.63. The fourth-order valence-corrected chi connectivity index (χ4v) is 1.34. The highest BCUT2D eigenvalue weighted by Crippen LogP contribution is 2.02. The lowest BCUT2D eigenvalue weighted by Crippen LogP contribution is -2.51. The highest BCUT2D eigenvalue weighted by atomic mass is 16.5. The molecule has 6 nitrogen and oxygen atoms in total. The zero-order chi connectivity index (χ0) is 14.1. The van der Waals surface area contributed by atoms with Crippen molar-refractivity contribution in [2.75, 3.05) is 13.7 Å². The van der Waals surface area contributed by atoms with Crippen LogP contribution in [0, 0.1) is 5.92 Å². The molecule has 0 saturated carbocycles. The highest BCUT2D eigenvalue weighted by molar-refractivity contribution is 5.82. The largest absolute Gasteiger partial charge is 0.480 e. The lowest BCUT2D eigenvalue weighted by Gasteiger charge is -2.23. The van der Waals surface area contributed by atoms with Gasteiger partial charge in [0.1, 0.15) is 6.04 Å². The molecule has 3 N–H and O–H groups in total. The number of ether oxygens (including phenoxy) is 1. The molecule has 0 radical (unpaired) electrons. The molecule has 18 heavy (non-hydrogen) atoms. The van der Waals surface area contributed by atoms with Crippen LogP contribution in [0.15, 0.2) is 12.7 Å². The zero-order valence-electron chi connectivity index (χ0n) is 11.1. The van der Waals surface area contributed by atoms with Crippen molar-refractivity contribution < 1.29 is 19.4 Å². The molecule has 0 aromatic carbocycles. The summed E-state index contributed by atoms with van der Waals surface area (Å²) in [6.45, 7) is 7.73. The Balaban J connectivity index is 4.36. The molecule has 0 rings (SSSR count). The third-order valence-corrected chi connectivity index (χ3v) is 2.47. The molecular formula is C12H22N2O4. The number of carboxylic acid groups (broad SMARTS) is 1. The predicted molar refractivity (Wildman–Crippen MR) is 68.4 cm³/mol. The van der Waals surface area contributed by atoms with Crippen LogP contribution in [-0.2, 0) is 9.53 Å². The minimum atomic E-state index is -1.09. The Kier molecular flexibility index (Phi) is 7.78. The average molecular weight is 258 g/mol. The second kappa shape index (κ2) is 8.52. The zero-order valence-corrected chi connectivity index (χ0v) is 11.1. The number of amides is 2. The first-order chi connectivity index (χ1) is 8.42. The highest BCUT2D eigenvalue weighted by Gasteiger charge is 2.21. The van der Waals surface area contributed by atoms with Gasteiger partial charge in [0.15, 0.2) is 0 Å². The number of nitrogens with one attached hydrogen (secondary N) is 2. The van der Waals surface area contributed by atoms with E-state index in [-0.39, 0.29) is 18.4 Å². The third kappa shape index (κ3) is 6.24.